The van der Waals surface area contributed by atoms with Crippen LogP contribution >= 0.6 is 11.8 Å². The van der Waals surface area contributed by atoms with Gasteiger partial charge in [-0.05, 0) is 25.0 Å². The van der Waals surface area contributed by atoms with Crippen LogP contribution in [0.1, 0.15) is 12.0 Å². The van der Waals surface area contributed by atoms with Crippen LogP contribution in [0.5, 0.6) is 0 Å². The fourth-order valence-corrected chi connectivity index (χ4v) is 2.85. The summed E-state index contributed by atoms with van der Waals surface area (Å²) in [5.74, 6) is 0.576. The molecule has 3 nitrogen and oxygen atoms in total. The molecule has 1 amide bonds. The number of hydrogen-bond acceptors (Lipinski definition) is 3. The molecule has 0 bridgehead atoms. The molecule has 1 saturated heterocycles. The SMILES string of the molecule is Cc1ccccc1SCC(=O)N1CC[C@@H](O)C1. The van der Waals surface area contributed by atoms with E-state index < -0.39 is 0 Å². The van der Waals surface area contributed by atoms with Gasteiger partial charge in [0.25, 0.3) is 0 Å². The number of carbonyl (C=O) groups excluding carboxylic acids is 1. The number of nitrogens with zero attached hydrogens (tertiary/aromatic N) is 1. The number of thioether (sulfide) groups is 1. The number of carbonyl (C=O) groups is 1. The first-order valence-corrected chi connectivity index (χ1v) is 6.79. The number of β-amino-alcohol motifs (C(OH)–C–C–N with tert-alkyl or cyclic N) is 1. The van der Waals surface area contributed by atoms with Crippen LogP contribution in [0, 0.1) is 6.92 Å². The zero-order valence-electron chi connectivity index (χ0n) is 9.93. The second-order valence-electron chi connectivity index (χ2n) is 4.34. The van der Waals surface area contributed by atoms with E-state index in [1.165, 1.54) is 5.56 Å². The fourth-order valence-electron chi connectivity index (χ4n) is 1.92. The Hall–Kier alpha value is -1.00. The van der Waals surface area contributed by atoms with E-state index in [9.17, 15) is 9.90 Å². The molecule has 92 valence electrons. The molecule has 0 unspecified atom stereocenters. The molecular weight excluding hydrogens is 234 g/mol. The summed E-state index contributed by atoms with van der Waals surface area (Å²) in [6, 6.07) is 8.07. The van der Waals surface area contributed by atoms with E-state index in [0.29, 0.717) is 25.3 Å². The smallest absolute Gasteiger partial charge is 0.233 e. The van der Waals surface area contributed by atoms with Crippen LogP contribution in [-0.4, -0.2) is 40.9 Å². The molecule has 0 saturated carbocycles. The van der Waals surface area contributed by atoms with Gasteiger partial charge in [0.2, 0.25) is 5.91 Å². The third-order valence-electron chi connectivity index (χ3n) is 2.96. The maximum absolute atomic E-state index is 11.9. The molecular formula is C13H17NO2S. The zero-order chi connectivity index (χ0) is 12.3. The van der Waals surface area contributed by atoms with Gasteiger partial charge in [-0.15, -0.1) is 11.8 Å². The molecule has 0 aromatic heterocycles. The van der Waals surface area contributed by atoms with Crippen LogP contribution in [-0.2, 0) is 4.79 Å². The minimum Gasteiger partial charge on any atom is -0.391 e. The van der Waals surface area contributed by atoms with Crippen molar-refractivity contribution in [3.8, 4) is 0 Å². The van der Waals surface area contributed by atoms with E-state index in [1.54, 1.807) is 16.7 Å². The Balaban J connectivity index is 1.86. The summed E-state index contributed by atoms with van der Waals surface area (Å²) in [4.78, 5) is 14.8. The molecule has 1 aliphatic rings. The molecule has 1 heterocycles. The summed E-state index contributed by atoms with van der Waals surface area (Å²) in [5, 5.41) is 9.38. The van der Waals surface area contributed by atoms with E-state index in [2.05, 4.69) is 0 Å². The molecule has 1 aliphatic heterocycles. The molecule has 0 spiro atoms. The number of aryl methyl sites for hydroxylation is 1. The van der Waals surface area contributed by atoms with Crippen molar-refractivity contribution in [1.82, 2.24) is 4.90 Å². The van der Waals surface area contributed by atoms with Gasteiger partial charge in [0.05, 0.1) is 11.9 Å². The van der Waals surface area contributed by atoms with E-state index in [0.717, 1.165) is 4.90 Å². The molecule has 1 aromatic carbocycles. The van der Waals surface area contributed by atoms with Gasteiger partial charge in [0, 0.05) is 18.0 Å². The summed E-state index contributed by atoms with van der Waals surface area (Å²) in [7, 11) is 0. The number of benzene rings is 1. The number of aliphatic hydroxyl groups excluding tert-OH is 1. The predicted molar refractivity (Wildman–Crippen MR) is 69.1 cm³/mol. The van der Waals surface area contributed by atoms with Crippen LogP contribution < -0.4 is 0 Å². The summed E-state index contributed by atoms with van der Waals surface area (Å²) in [6.45, 7) is 3.23. The zero-order valence-corrected chi connectivity index (χ0v) is 10.7. The van der Waals surface area contributed by atoms with Crippen molar-refractivity contribution in [1.29, 1.82) is 0 Å². The van der Waals surface area contributed by atoms with Gasteiger partial charge in [0.1, 0.15) is 0 Å². The Morgan fingerprint density at radius 1 is 1.53 bits per heavy atom. The van der Waals surface area contributed by atoms with Crippen molar-refractivity contribution in [3.05, 3.63) is 29.8 Å². The molecule has 1 fully saturated rings. The van der Waals surface area contributed by atoms with E-state index in [4.69, 9.17) is 0 Å². The Morgan fingerprint density at radius 3 is 2.94 bits per heavy atom. The summed E-state index contributed by atoms with van der Waals surface area (Å²) < 4.78 is 0. The summed E-state index contributed by atoms with van der Waals surface area (Å²) >= 11 is 1.57. The average molecular weight is 251 g/mol. The lowest BCUT2D eigenvalue weighted by Gasteiger charge is -2.15. The predicted octanol–water partition coefficient (Wildman–Crippen LogP) is 1.68. The molecule has 1 N–H and O–H groups in total. The first-order chi connectivity index (χ1) is 8.16. The fraction of sp³-hybridized carbons (Fsp3) is 0.462. The first-order valence-electron chi connectivity index (χ1n) is 5.81. The number of rotatable bonds is 3. The van der Waals surface area contributed by atoms with Gasteiger partial charge in [0.15, 0.2) is 0 Å². The van der Waals surface area contributed by atoms with Crippen molar-refractivity contribution in [2.45, 2.75) is 24.3 Å². The van der Waals surface area contributed by atoms with Gasteiger partial charge < -0.3 is 10.0 Å². The summed E-state index contributed by atoms with van der Waals surface area (Å²) in [5.41, 5.74) is 1.20. The van der Waals surface area contributed by atoms with Crippen LogP contribution in [0.3, 0.4) is 0 Å². The lowest BCUT2D eigenvalue weighted by atomic mass is 10.2. The standard InChI is InChI=1S/C13H17NO2S/c1-10-4-2-3-5-12(10)17-9-13(16)14-7-6-11(15)8-14/h2-5,11,15H,6-9H2,1H3/t11-/m1/s1. The molecule has 1 atom stereocenters. The quantitative estimate of drug-likeness (QED) is 0.831. The number of amides is 1. The Kier molecular flexibility index (Phi) is 4.07. The number of likely N-dealkylation sites (tertiary alicyclic amines) is 1. The van der Waals surface area contributed by atoms with Crippen molar-refractivity contribution in [3.63, 3.8) is 0 Å². The maximum atomic E-state index is 11.9. The monoisotopic (exact) mass is 251 g/mol. The van der Waals surface area contributed by atoms with Crippen molar-refractivity contribution < 1.29 is 9.90 Å². The molecule has 0 aliphatic carbocycles. The Labute approximate surface area is 106 Å². The molecule has 0 radical (unpaired) electrons. The van der Waals surface area contributed by atoms with Crippen molar-refractivity contribution in [2.75, 3.05) is 18.8 Å². The number of hydrogen-bond donors (Lipinski definition) is 1. The first kappa shape index (κ1) is 12.5. The van der Waals surface area contributed by atoms with Crippen molar-refractivity contribution >= 4 is 17.7 Å². The highest BCUT2D eigenvalue weighted by Gasteiger charge is 2.24. The van der Waals surface area contributed by atoms with Gasteiger partial charge >= 0.3 is 0 Å². The van der Waals surface area contributed by atoms with Gasteiger partial charge in [-0.1, -0.05) is 18.2 Å². The Bertz CT molecular complexity index is 408. The highest BCUT2D eigenvalue weighted by molar-refractivity contribution is 8.00. The summed E-state index contributed by atoms with van der Waals surface area (Å²) in [6.07, 6.45) is 0.378. The molecule has 17 heavy (non-hydrogen) atoms. The van der Waals surface area contributed by atoms with E-state index >= 15 is 0 Å². The van der Waals surface area contributed by atoms with E-state index in [1.807, 2.05) is 31.2 Å². The number of aliphatic hydroxyl groups is 1. The molecule has 2 rings (SSSR count). The van der Waals surface area contributed by atoms with Gasteiger partial charge in [-0.2, -0.15) is 0 Å². The normalized spacial score (nSPS) is 19.6. The topological polar surface area (TPSA) is 40.5 Å². The molecule has 4 heteroatoms. The lowest BCUT2D eigenvalue weighted by molar-refractivity contribution is -0.127. The van der Waals surface area contributed by atoms with Crippen LogP contribution in [0.15, 0.2) is 29.2 Å². The highest BCUT2D eigenvalue weighted by Crippen LogP contribution is 2.22. The van der Waals surface area contributed by atoms with E-state index in [-0.39, 0.29) is 12.0 Å². The van der Waals surface area contributed by atoms with Gasteiger partial charge in [-0.3, -0.25) is 4.79 Å². The minimum absolute atomic E-state index is 0.120. The van der Waals surface area contributed by atoms with Gasteiger partial charge in [-0.25, -0.2) is 0 Å². The van der Waals surface area contributed by atoms with Crippen LogP contribution in [0.4, 0.5) is 0 Å². The van der Waals surface area contributed by atoms with Crippen molar-refractivity contribution in [2.24, 2.45) is 0 Å². The second kappa shape index (κ2) is 5.56. The third-order valence-corrected chi connectivity index (χ3v) is 4.12. The third kappa shape index (κ3) is 3.23. The largest absolute Gasteiger partial charge is 0.391 e. The second-order valence-corrected chi connectivity index (χ2v) is 5.35. The highest BCUT2D eigenvalue weighted by atomic mass is 32.2. The van der Waals surface area contributed by atoms with Crippen LogP contribution in [0.2, 0.25) is 0 Å². The molecule has 1 aromatic rings. The minimum atomic E-state index is -0.331. The van der Waals surface area contributed by atoms with Crippen LogP contribution in [0.25, 0.3) is 0 Å². The average Bonchev–Trinajstić information content (AvgIpc) is 2.74. The lowest BCUT2D eigenvalue weighted by Crippen LogP contribution is -2.30. The Morgan fingerprint density at radius 2 is 2.29 bits per heavy atom. The maximum Gasteiger partial charge on any atom is 0.233 e.